The first kappa shape index (κ1) is 12.4. The minimum atomic E-state index is -0.0142. The van der Waals surface area contributed by atoms with E-state index in [1.807, 2.05) is 18.5 Å². The minimum Gasteiger partial charge on any atom is -0.472 e. The highest BCUT2D eigenvalue weighted by molar-refractivity contribution is 7.13. The fraction of sp³-hybridized carbons (Fsp3) is 0.385. The highest BCUT2D eigenvalue weighted by Crippen LogP contribution is 2.24. The number of nitrogens with one attached hydrogen (secondary N) is 1. The summed E-state index contributed by atoms with van der Waals surface area (Å²) in [6.45, 7) is 1.83. The van der Waals surface area contributed by atoms with Crippen molar-refractivity contribution in [2.45, 2.75) is 12.5 Å². The number of furan rings is 1. The molecule has 0 spiro atoms. The lowest BCUT2D eigenvalue weighted by atomic mass is 10.2. The molecule has 0 saturated carbocycles. The maximum absolute atomic E-state index is 12.3. The second-order valence-electron chi connectivity index (χ2n) is 4.61. The van der Waals surface area contributed by atoms with Crippen molar-refractivity contribution in [2.24, 2.45) is 0 Å². The summed E-state index contributed by atoms with van der Waals surface area (Å²) in [6.07, 6.45) is 4.24. The van der Waals surface area contributed by atoms with Gasteiger partial charge in [0.1, 0.15) is 17.0 Å². The van der Waals surface area contributed by atoms with Gasteiger partial charge in [0.15, 0.2) is 0 Å². The summed E-state index contributed by atoms with van der Waals surface area (Å²) in [4.78, 5) is 18.5. The quantitative estimate of drug-likeness (QED) is 0.930. The van der Waals surface area contributed by atoms with Crippen molar-refractivity contribution in [3.8, 4) is 10.6 Å². The first-order chi connectivity index (χ1) is 9.25. The Kier molecular flexibility index (Phi) is 3.35. The number of carbonyl (C=O) groups excluding carboxylic acids is 1. The predicted molar refractivity (Wildman–Crippen MR) is 73.2 cm³/mol. The Balaban J connectivity index is 1.76. The third-order valence-electron chi connectivity index (χ3n) is 3.39. The Bertz CT molecular complexity index is 558. The Hall–Kier alpha value is -1.66. The van der Waals surface area contributed by atoms with E-state index in [0.717, 1.165) is 30.1 Å². The molecular formula is C13H15N3O2S. The molecule has 0 aromatic carbocycles. The van der Waals surface area contributed by atoms with Crippen LogP contribution in [0, 0.1) is 0 Å². The number of thiazole rings is 1. The standard InChI is InChI=1S/C13H15N3O2S/c1-16(10-2-4-14-6-10)13(17)11-8-19-12(15-11)9-3-5-18-7-9/h3,5,7-8,10,14H,2,4,6H2,1H3. The van der Waals surface area contributed by atoms with Gasteiger partial charge in [-0.1, -0.05) is 0 Å². The number of hydrogen-bond donors (Lipinski definition) is 1. The molecule has 5 nitrogen and oxygen atoms in total. The number of carbonyl (C=O) groups is 1. The SMILES string of the molecule is CN(C(=O)c1csc(-c2ccoc2)n1)C1CCNC1. The van der Waals surface area contributed by atoms with Gasteiger partial charge in [0.25, 0.3) is 5.91 Å². The van der Waals surface area contributed by atoms with E-state index < -0.39 is 0 Å². The van der Waals surface area contributed by atoms with Crippen molar-refractivity contribution in [2.75, 3.05) is 20.1 Å². The summed E-state index contributed by atoms with van der Waals surface area (Å²) < 4.78 is 5.03. The van der Waals surface area contributed by atoms with Gasteiger partial charge >= 0.3 is 0 Å². The van der Waals surface area contributed by atoms with Crippen molar-refractivity contribution in [1.29, 1.82) is 0 Å². The van der Waals surface area contributed by atoms with Crippen LogP contribution < -0.4 is 5.32 Å². The van der Waals surface area contributed by atoms with E-state index >= 15 is 0 Å². The molecule has 1 unspecified atom stereocenters. The van der Waals surface area contributed by atoms with Crippen molar-refractivity contribution in [1.82, 2.24) is 15.2 Å². The number of rotatable bonds is 3. The van der Waals surface area contributed by atoms with Crippen LogP contribution in [0.5, 0.6) is 0 Å². The zero-order chi connectivity index (χ0) is 13.2. The van der Waals surface area contributed by atoms with Gasteiger partial charge in [0.05, 0.1) is 6.26 Å². The van der Waals surface area contributed by atoms with Crippen molar-refractivity contribution < 1.29 is 9.21 Å². The average Bonchev–Trinajstić information content (AvgIpc) is 3.16. The van der Waals surface area contributed by atoms with Crippen molar-refractivity contribution in [3.63, 3.8) is 0 Å². The topological polar surface area (TPSA) is 58.4 Å². The lowest BCUT2D eigenvalue weighted by Crippen LogP contribution is -2.38. The predicted octanol–water partition coefficient (Wildman–Crippen LogP) is 1.84. The van der Waals surface area contributed by atoms with E-state index in [2.05, 4.69) is 10.3 Å². The van der Waals surface area contributed by atoms with Crippen LogP contribution in [-0.4, -0.2) is 42.0 Å². The molecule has 100 valence electrons. The molecule has 1 amide bonds. The minimum absolute atomic E-state index is 0.0142. The molecule has 1 fully saturated rings. The van der Waals surface area contributed by atoms with Gasteiger partial charge in [0.2, 0.25) is 0 Å². The van der Waals surface area contributed by atoms with E-state index in [4.69, 9.17) is 4.42 Å². The summed E-state index contributed by atoms with van der Waals surface area (Å²) in [5.41, 5.74) is 1.42. The molecule has 1 atom stereocenters. The Morgan fingerprint density at radius 2 is 2.53 bits per heavy atom. The Morgan fingerprint density at radius 3 is 3.21 bits per heavy atom. The highest BCUT2D eigenvalue weighted by atomic mass is 32.1. The summed E-state index contributed by atoms with van der Waals surface area (Å²) in [7, 11) is 1.84. The molecule has 1 N–H and O–H groups in total. The van der Waals surface area contributed by atoms with Crippen LogP contribution in [0.1, 0.15) is 16.9 Å². The number of hydrogen-bond acceptors (Lipinski definition) is 5. The lowest BCUT2D eigenvalue weighted by molar-refractivity contribution is 0.0739. The zero-order valence-electron chi connectivity index (χ0n) is 10.6. The van der Waals surface area contributed by atoms with E-state index in [0.29, 0.717) is 5.69 Å². The molecular weight excluding hydrogens is 262 g/mol. The first-order valence-electron chi connectivity index (χ1n) is 6.21. The molecule has 2 aromatic rings. The molecule has 0 bridgehead atoms. The molecule has 1 aliphatic rings. The fourth-order valence-corrected chi connectivity index (χ4v) is 2.99. The fourth-order valence-electron chi connectivity index (χ4n) is 2.21. The van der Waals surface area contributed by atoms with Gasteiger partial charge in [-0.15, -0.1) is 11.3 Å². The van der Waals surface area contributed by atoms with Crippen molar-refractivity contribution in [3.05, 3.63) is 29.7 Å². The van der Waals surface area contributed by atoms with Crippen LogP contribution >= 0.6 is 11.3 Å². The largest absolute Gasteiger partial charge is 0.472 e. The van der Waals surface area contributed by atoms with Crippen LogP contribution in [0.2, 0.25) is 0 Å². The van der Waals surface area contributed by atoms with Crippen LogP contribution in [0.3, 0.4) is 0 Å². The molecule has 3 rings (SSSR count). The third-order valence-corrected chi connectivity index (χ3v) is 4.29. The normalized spacial score (nSPS) is 18.7. The lowest BCUT2D eigenvalue weighted by Gasteiger charge is -2.22. The first-order valence-corrected chi connectivity index (χ1v) is 7.09. The Morgan fingerprint density at radius 1 is 1.63 bits per heavy atom. The average molecular weight is 277 g/mol. The zero-order valence-corrected chi connectivity index (χ0v) is 11.4. The maximum atomic E-state index is 12.3. The maximum Gasteiger partial charge on any atom is 0.273 e. The van der Waals surface area contributed by atoms with Crippen LogP contribution in [0.4, 0.5) is 0 Å². The van der Waals surface area contributed by atoms with Gasteiger partial charge < -0.3 is 14.6 Å². The summed E-state index contributed by atoms with van der Waals surface area (Å²) in [5, 5.41) is 5.89. The molecule has 0 aliphatic carbocycles. The molecule has 6 heteroatoms. The van der Waals surface area contributed by atoms with E-state index in [1.54, 1.807) is 17.4 Å². The number of aromatic nitrogens is 1. The second kappa shape index (κ2) is 5.14. The monoisotopic (exact) mass is 277 g/mol. The molecule has 3 heterocycles. The van der Waals surface area contributed by atoms with E-state index in [-0.39, 0.29) is 11.9 Å². The van der Waals surface area contributed by atoms with Gasteiger partial charge in [-0.05, 0) is 19.0 Å². The highest BCUT2D eigenvalue weighted by Gasteiger charge is 2.25. The summed E-state index contributed by atoms with van der Waals surface area (Å²) in [6, 6.07) is 2.11. The van der Waals surface area contributed by atoms with Crippen LogP contribution in [0.25, 0.3) is 10.6 Å². The third kappa shape index (κ3) is 2.41. The van der Waals surface area contributed by atoms with Crippen LogP contribution in [-0.2, 0) is 0 Å². The van der Waals surface area contributed by atoms with E-state index in [1.165, 1.54) is 11.3 Å². The molecule has 19 heavy (non-hydrogen) atoms. The number of amides is 1. The number of nitrogens with zero attached hydrogens (tertiary/aromatic N) is 2. The van der Waals surface area contributed by atoms with Crippen molar-refractivity contribution >= 4 is 17.2 Å². The van der Waals surface area contributed by atoms with Gasteiger partial charge in [0, 0.05) is 30.6 Å². The van der Waals surface area contributed by atoms with Gasteiger partial charge in [-0.2, -0.15) is 0 Å². The van der Waals surface area contributed by atoms with Gasteiger partial charge in [-0.25, -0.2) is 4.98 Å². The van der Waals surface area contributed by atoms with Gasteiger partial charge in [-0.3, -0.25) is 4.79 Å². The Labute approximate surface area is 115 Å². The summed E-state index contributed by atoms with van der Waals surface area (Å²) >= 11 is 1.46. The molecule has 1 aliphatic heterocycles. The molecule has 2 aromatic heterocycles. The summed E-state index contributed by atoms with van der Waals surface area (Å²) in [5.74, 6) is -0.0142. The molecule has 0 radical (unpaired) electrons. The number of likely N-dealkylation sites (N-methyl/N-ethyl adjacent to an activating group) is 1. The van der Waals surface area contributed by atoms with Crippen LogP contribution in [0.15, 0.2) is 28.4 Å². The smallest absolute Gasteiger partial charge is 0.273 e. The van der Waals surface area contributed by atoms with E-state index in [9.17, 15) is 4.79 Å². The second-order valence-corrected chi connectivity index (χ2v) is 5.47. The molecule has 1 saturated heterocycles.